The molecule has 29 heavy (non-hydrogen) atoms. The van der Waals surface area contributed by atoms with E-state index in [9.17, 15) is 9.59 Å². The van der Waals surface area contributed by atoms with Crippen LogP contribution in [0.15, 0.2) is 39.5 Å². The smallest absolute Gasteiger partial charge is 0.374 e. The first-order valence-corrected chi connectivity index (χ1v) is 10.5. The molecule has 1 aromatic carbocycles. The van der Waals surface area contributed by atoms with Gasteiger partial charge in [-0.05, 0) is 49.8 Å². The van der Waals surface area contributed by atoms with Gasteiger partial charge in [0, 0.05) is 10.3 Å². The molecule has 1 aliphatic rings. The SMILES string of the molecule is C[C@@H]1CCc2c(sc3nc([C@H](C)OC(=O)c4cc5ccccc5o4)[nH]c(=O)c23)C1. The third-order valence-corrected chi connectivity index (χ3v) is 6.63. The lowest BCUT2D eigenvalue weighted by molar-refractivity contribution is 0.0286. The van der Waals surface area contributed by atoms with Gasteiger partial charge in [-0.25, -0.2) is 9.78 Å². The number of nitrogens with zero attached hydrogens (tertiary/aromatic N) is 1. The molecule has 2 atom stereocenters. The van der Waals surface area contributed by atoms with Crippen LogP contribution in [0.5, 0.6) is 0 Å². The van der Waals surface area contributed by atoms with E-state index in [1.807, 2.05) is 18.2 Å². The average molecular weight is 408 g/mol. The number of thiophene rings is 1. The number of benzene rings is 1. The highest BCUT2D eigenvalue weighted by Crippen LogP contribution is 2.36. The number of ether oxygens (including phenoxy) is 1. The molecule has 3 heterocycles. The van der Waals surface area contributed by atoms with Crippen LogP contribution in [0.3, 0.4) is 0 Å². The zero-order valence-electron chi connectivity index (χ0n) is 16.2. The Bertz CT molecular complexity index is 1270. The van der Waals surface area contributed by atoms with Crippen molar-refractivity contribution in [1.29, 1.82) is 0 Å². The Balaban J connectivity index is 1.44. The van der Waals surface area contributed by atoms with Gasteiger partial charge in [0.15, 0.2) is 11.9 Å². The van der Waals surface area contributed by atoms with Gasteiger partial charge in [-0.15, -0.1) is 11.3 Å². The molecule has 0 spiro atoms. The Morgan fingerprint density at radius 1 is 1.38 bits per heavy atom. The monoisotopic (exact) mass is 408 g/mol. The molecule has 6 nitrogen and oxygen atoms in total. The van der Waals surface area contributed by atoms with Crippen molar-refractivity contribution in [1.82, 2.24) is 9.97 Å². The summed E-state index contributed by atoms with van der Waals surface area (Å²) in [6, 6.07) is 9.03. The van der Waals surface area contributed by atoms with E-state index in [-0.39, 0.29) is 11.3 Å². The Hall–Kier alpha value is -2.93. The van der Waals surface area contributed by atoms with E-state index in [1.165, 1.54) is 4.88 Å². The fraction of sp³-hybridized carbons (Fsp3) is 0.318. The van der Waals surface area contributed by atoms with Crippen molar-refractivity contribution >= 4 is 38.5 Å². The van der Waals surface area contributed by atoms with Gasteiger partial charge < -0.3 is 14.1 Å². The van der Waals surface area contributed by atoms with Gasteiger partial charge >= 0.3 is 5.97 Å². The first-order chi connectivity index (χ1) is 14.0. The van der Waals surface area contributed by atoms with Crippen LogP contribution in [0.1, 0.15) is 53.2 Å². The molecular weight excluding hydrogens is 388 g/mol. The minimum Gasteiger partial charge on any atom is -0.449 e. The molecule has 0 aliphatic heterocycles. The molecule has 4 aromatic rings. The Labute approximate surface area is 170 Å². The molecule has 1 N–H and O–H groups in total. The minimum atomic E-state index is -0.703. The molecule has 148 valence electrons. The van der Waals surface area contributed by atoms with Gasteiger partial charge in [0.1, 0.15) is 10.4 Å². The Morgan fingerprint density at radius 2 is 2.21 bits per heavy atom. The molecule has 3 aromatic heterocycles. The number of H-pyrrole nitrogens is 1. The number of aromatic amines is 1. The summed E-state index contributed by atoms with van der Waals surface area (Å²) in [6.45, 7) is 3.93. The van der Waals surface area contributed by atoms with E-state index in [2.05, 4.69) is 16.9 Å². The number of esters is 1. The van der Waals surface area contributed by atoms with Crippen LogP contribution in [-0.2, 0) is 17.6 Å². The van der Waals surface area contributed by atoms with E-state index in [1.54, 1.807) is 30.4 Å². The molecule has 0 fully saturated rings. The highest BCUT2D eigenvalue weighted by Gasteiger charge is 2.25. The molecule has 0 unspecified atom stereocenters. The summed E-state index contributed by atoms with van der Waals surface area (Å²) >= 11 is 1.58. The van der Waals surface area contributed by atoms with Crippen LogP contribution in [-0.4, -0.2) is 15.9 Å². The van der Waals surface area contributed by atoms with Crippen molar-refractivity contribution in [3.05, 3.63) is 62.7 Å². The first kappa shape index (κ1) is 18.1. The zero-order chi connectivity index (χ0) is 20.1. The lowest BCUT2D eigenvalue weighted by Gasteiger charge is -2.17. The molecule has 1 aliphatic carbocycles. The van der Waals surface area contributed by atoms with Crippen molar-refractivity contribution in [3.63, 3.8) is 0 Å². The van der Waals surface area contributed by atoms with E-state index in [4.69, 9.17) is 9.15 Å². The molecule has 5 rings (SSSR count). The van der Waals surface area contributed by atoms with Crippen LogP contribution in [0.25, 0.3) is 21.2 Å². The number of aryl methyl sites for hydroxylation is 1. The van der Waals surface area contributed by atoms with Crippen molar-refractivity contribution in [2.24, 2.45) is 5.92 Å². The number of carbonyl (C=O) groups is 1. The maximum absolute atomic E-state index is 12.7. The van der Waals surface area contributed by atoms with Crippen molar-refractivity contribution in [2.45, 2.75) is 39.2 Å². The third-order valence-electron chi connectivity index (χ3n) is 5.48. The Morgan fingerprint density at radius 3 is 3.03 bits per heavy atom. The summed E-state index contributed by atoms with van der Waals surface area (Å²) in [5.41, 5.74) is 1.59. The fourth-order valence-corrected chi connectivity index (χ4v) is 5.31. The predicted octanol–water partition coefficient (Wildman–Crippen LogP) is 4.77. The topological polar surface area (TPSA) is 85.2 Å². The number of rotatable bonds is 3. The largest absolute Gasteiger partial charge is 0.449 e. The second-order valence-electron chi connectivity index (χ2n) is 7.68. The van der Waals surface area contributed by atoms with Crippen molar-refractivity contribution in [3.8, 4) is 0 Å². The van der Waals surface area contributed by atoms with E-state index < -0.39 is 12.1 Å². The maximum Gasteiger partial charge on any atom is 0.374 e. The molecular formula is C22H20N2O4S. The second kappa shape index (κ2) is 6.84. The molecule has 0 radical (unpaired) electrons. The number of hydrogen-bond donors (Lipinski definition) is 1. The summed E-state index contributed by atoms with van der Waals surface area (Å²) in [5, 5.41) is 1.52. The van der Waals surface area contributed by atoms with Crippen LogP contribution in [0, 0.1) is 5.92 Å². The van der Waals surface area contributed by atoms with Gasteiger partial charge in [0.25, 0.3) is 5.56 Å². The van der Waals surface area contributed by atoms with E-state index in [0.29, 0.717) is 22.7 Å². The number of carbonyl (C=O) groups excluding carboxylic acids is 1. The van der Waals surface area contributed by atoms with Crippen LogP contribution in [0.2, 0.25) is 0 Å². The summed E-state index contributed by atoms with van der Waals surface area (Å²) in [4.78, 5) is 34.6. The Kier molecular flexibility index (Phi) is 4.28. The van der Waals surface area contributed by atoms with Crippen LogP contribution in [0.4, 0.5) is 0 Å². The third kappa shape index (κ3) is 3.15. The summed E-state index contributed by atoms with van der Waals surface area (Å²) in [7, 11) is 0. The summed E-state index contributed by atoms with van der Waals surface area (Å²) in [6.07, 6.45) is 2.29. The zero-order valence-corrected chi connectivity index (χ0v) is 17.0. The van der Waals surface area contributed by atoms with Gasteiger partial charge in [-0.2, -0.15) is 0 Å². The van der Waals surface area contributed by atoms with Gasteiger partial charge in [-0.3, -0.25) is 4.79 Å². The molecule has 0 amide bonds. The van der Waals surface area contributed by atoms with Gasteiger partial charge in [0.05, 0.1) is 5.39 Å². The number of hydrogen-bond acceptors (Lipinski definition) is 6. The van der Waals surface area contributed by atoms with Crippen molar-refractivity contribution in [2.75, 3.05) is 0 Å². The minimum absolute atomic E-state index is 0.127. The van der Waals surface area contributed by atoms with Gasteiger partial charge in [0.2, 0.25) is 5.76 Å². The highest BCUT2D eigenvalue weighted by atomic mass is 32.1. The predicted molar refractivity (Wildman–Crippen MR) is 111 cm³/mol. The molecule has 7 heteroatoms. The first-order valence-electron chi connectivity index (χ1n) is 9.73. The van der Waals surface area contributed by atoms with E-state index >= 15 is 0 Å². The number of furan rings is 1. The highest BCUT2D eigenvalue weighted by molar-refractivity contribution is 7.18. The standard InChI is InChI=1S/C22H20N2O4S/c1-11-7-8-14-17(9-11)29-21-18(14)20(25)23-19(24-21)12(2)27-22(26)16-10-13-5-3-4-6-15(13)28-16/h3-6,10-12H,7-9H2,1-2H3,(H,23,24,25)/t11-,12+/m1/s1. The normalized spacial score (nSPS) is 17.4. The summed E-state index contributed by atoms with van der Waals surface area (Å²) < 4.78 is 11.1. The van der Waals surface area contributed by atoms with Crippen molar-refractivity contribution < 1.29 is 13.9 Å². The second-order valence-corrected chi connectivity index (χ2v) is 8.76. The number of fused-ring (bicyclic) bond motifs is 4. The maximum atomic E-state index is 12.7. The van der Waals surface area contributed by atoms with E-state index in [0.717, 1.165) is 35.0 Å². The summed E-state index contributed by atoms with van der Waals surface area (Å²) in [5.74, 6) is 0.509. The quantitative estimate of drug-likeness (QED) is 0.494. The molecule has 0 bridgehead atoms. The fourth-order valence-electron chi connectivity index (χ4n) is 3.91. The van der Waals surface area contributed by atoms with Gasteiger partial charge in [-0.1, -0.05) is 25.1 Å². The number of aromatic nitrogens is 2. The lowest BCUT2D eigenvalue weighted by Crippen LogP contribution is -2.18. The number of para-hydroxylation sites is 1. The molecule has 0 saturated carbocycles. The van der Waals surface area contributed by atoms with Crippen LogP contribution < -0.4 is 5.56 Å². The number of nitrogens with one attached hydrogen (secondary N) is 1. The average Bonchev–Trinajstić information content (AvgIpc) is 3.28. The van der Waals surface area contributed by atoms with Crippen LogP contribution >= 0.6 is 11.3 Å². The lowest BCUT2D eigenvalue weighted by atomic mass is 9.89. The molecule has 0 saturated heterocycles.